The Hall–Kier alpha value is -1.42. The van der Waals surface area contributed by atoms with Crippen LogP contribution < -0.4 is 5.32 Å². The van der Waals surface area contributed by atoms with Gasteiger partial charge in [-0.25, -0.2) is 0 Å². The Balaban J connectivity index is 2.15. The van der Waals surface area contributed by atoms with E-state index in [1.165, 1.54) is 9.75 Å². The van der Waals surface area contributed by atoms with Crippen molar-refractivity contribution in [2.45, 2.75) is 13.0 Å². The van der Waals surface area contributed by atoms with Crippen molar-refractivity contribution in [3.05, 3.63) is 52.5 Å². The first-order valence-corrected chi connectivity index (χ1v) is 7.70. The van der Waals surface area contributed by atoms with E-state index in [1.807, 2.05) is 31.4 Å². The smallest absolute Gasteiger partial charge is 0.0803 e. The Morgan fingerprint density at radius 3 is 2.85 bits per heavy atom. The Kier molecular flexibility index (Phi) is 3.74. The van der Waals surface area contributed by atoms with Crippen molar-refractivity contribution in [1.29, 1.82) is 0 Å². The van der Waals surface area contributed by atoms with Gasteiger partial charge in [-0.15, -0.1) is 11.3 Å². The van der Waals surface area contributed by atoms with Crippen molar-refractivity contribution in [3.8, 4) is 10.4 Å². The van der Waals surface area contributed by atoms with Crippen LogP contribution in [0.1, 0.15) is 17.8 Å². The summed E-state index contributed by atoms with van der Waals surface area (Å²) in [5.41, 5.74) is 2.11. The number of fused-ring (bicyclic) bond motifs is 1. The molecule has 3 aromatic rings. The summed E-state index contributed by atoms with van der Waals surface area (Å²) in [6.07, 6.45) is 1.81. The number of aromatic nitrogens is 1. The van der Waals surface area contributed by atoms with E-state index in [0.717, 1.165) is 21.5 Å². The van der Waals surface area contributed by atoms with Crippen LogP contribution >= 0.6 is 22.9 Å². The van der Waals surface area contributed by atoms with E-state index in [-0.39, 0.29) is 0 Å². The second-order valence-electron chi connectivity index (χ2n) is 4.71. The molecule has 20 heavy (non-hydrogen) atoms. The molecule has 1 aromatic carbocycles. The lowest BCUT2D eigenvalue weighted by molar-refractivity contribution is 0.664. The molecule has 3 rings (SSSR count). The molecule has 0 spiro atoms. The third kappa shape index (κ3) is 2.33. The fourth-order valence-electron chi connectivity index (χ4n) is 2.21. The molecule has 0 aliphatic heterocycles. The van der Waals surface area contributed by atoms with Crippen molar-refractivity contribution in [2.75, 3.05) is 7.05 Å². The minimum Gasteiger partial charge on any atom is -0.313 e. The fourth-order valence-corrected chi connectivity index (χ4v) is 3.52. The standard InChI is InChI=1S/C16H15ClN2S/c1-10(18-2)14-7-8-15(20-14)12-5-6-13(17)11-4-3-9-19-16(11)12/h3-10,18H,1-2H3. The van der Waals surface area contributed by atoms with Crippen molar-refractivity contribution >= 4 is 33.8 Å². The molecule has 4 heteroatoms. The maximum atomic E-state index is 6.25. The highest BCUT2D eigenvalue weighted by molar-refractivity contribution is 7.15. The predicted molar refractivity (Wildman–Crippen MR) is 87.5 cm³/mol. The summed E-state index contributed by atoms with van der Waals surface area (Å²) in [6.45, 7) is 2.16. The number of nitrogens with zero attached hydrogens (tertiary/aromatic N) is 1. The zero-order chi connectivity index (χ0) is 14.1. The van der Waals surface area contributed by atoms with E-state index in [4.69, 9.17) is 11.6 Å². The molecule has 1 N–H and O–H groups in total. The molecule has 0 aliphatic carbocycles. The van der Waals surface area contributed by atoms with Crippen LogP contribution in [-0.4, -0.2) is 12.0 Å². The summed E-state index contributed by atoms with van der Waals surface area (Å²) in [6, 6.07) is 12.6. The minimum atomic E-state index is 0.361. The Bertz CT molecular complexity index is 751. The van der Waals surface area contributed by atoms with Gasteiger partial charge < -0.3 is 5.32 Å². The van der Waals surface area contributed by atoms with Crippen LogP contribution in [0.15, 0.2) is 42.6 Å². The van der Waals surface area contributed by atoms with E-state index >= 15 is 0 Å². The third-order valence-electron chi connectivity index (χ3n) is 3.47. The van der Waals surface area contributed by atoms with Crippen molar-refractivity contribution in [3.63, 3.8) is 0 Å². The summed E-state index contributed by atoms with van der Waals surface area (Å²) in [5.74, 6) is 0. The van der Waals surface area contributed by atoms with Gasteiger partial charge in [-0.3, -0.25) is 4.98 Å². The van der Waals surface area contributed by atoms with E-state index < -0.39 is 0 Å². The van der Waals surface area contributed by atoms with Crippen LogP contribution in [0, 0.1) is 0 Å². The van der Waals surface area contributed by atoms with Gasteiger partial charge in [0.2, 0.25) is 0 Å². The topological polar surface area (TPSA) is 24.9 Å². The molecule has 0 radical (unpaired) electrons. The number of hydrogen-bond acceptors (Lipinski definition) is 3. The fraction of sp³-hybridized carbons (Fsp3) is 0.188. The van der Waals surface area contributed by atoms with E-state index in [2.05, 4.69) is 35.4 Å². The molecule has 0 fully saturated rings. The van der Waals surface area contributed by atoms with Gasteiger partial charge in [0.1, 0.15) is 0 Å². The van der Waals surface area contributed by atoms with E-state index in [9.17, 15) is 0 Å². The molecule has 1 atom stereocenters. The van der Waals surface area contributed by atoms with Crippen LogP contribution in [0.2, 0.25) is 5.02 Å². The summed E-state index contributed by atoms with van der Waals surface area (Å²) in [4.78, 5) is 7.04. The third-order valence-corrected chi connectivity index (χ3v) is 5.10. The number of benzene rings is 1. The quantitative estimate of drug-likeness (QED) is 0.744. The summed E-state index contributed by atoms with van der Waals surface area (Å²) in [5, 5.41) is 5.02. The van der Waals surface area contributed by atoms with Gasteiger partial charge in [0.05, 0.1) is 10.5 Å². The Labute approximate surface area is 127 Å². The molecular weight excluding hydrogens is 288 g/mol. The molecule has 0 saturated heterocycles. The van der Waals surface area contributed by atoms with Crippen molar-refractivity contribution in [2.24, 2.45) is 0 Å². The highest BCUT2D eigenvalue weighted by Gasteiger charge is 2.12. The van der Waals surface area contributed by atoms with Crippen LogP contribution in [0.3, 0.4) is 0 Å². The monoisotopic (exact) mass is 302 g/mol. The minimum absolute atomic E-state index is 0.361. The lowest BCUT2D eigenvalue weighted by Crippen LogP contribution is -2.10. The van der Waals surface area contributed by atoms with Gasteiger partial charge in [0, 0.05) is 32.9 Å². The normalized spacial score (nSPS) is 12.8. The van der Waals surface area contributed by atoms with Gasteiger partial charge in [-0.2, -0.15) is 0 Å². The second-order valence-corrected chi connectivity index (χ2v) is 6.23. The highest BCUT2D eigenvalue weighted by Crippen LogP contribution is 2.36. The zero-order valence-electron chi connectivity index (χ0n) is 11.4. The average Bonchev–Trinajstić information content (AvgIpc) is 2.97. The SMILES string of the molecule is CNC(C)c1ccc(-c2ccc(Cl)c3cccnc23)s1. The van der Waals surface area contributed by atoms with Crippen LogP contribution in [0.5, 0.6) is 0 Å². The number of rotatable bonds is 3. The van der Waals surface area contributed by atoms with Crippen LogP contribution in [-0.2, 0) is 0 Å². The summed E-state index contributed by atoms with van der Waals surface area (Å²) in [7, 11) is 1.98. The lowest BCUT2D eigenvalue weighted by atomic mass is 10.1. The predicted octanol–water partition coefficient (Wildman–Crippen LogP) is 4.90. The molecule has 0 saturated carbocycles. The van der Waals surface area contributed by atoms with Gasteiger partial charge in [-0.05, 0) is 50.4 Å². The molecule has 2 heterocycles. The molecule has 0 aliphatic rings. The molecular formula is C16H15ClN2S. The number of halogens is 1. The first-order chi connectivity index (χ1) is 9.70. The number of nitrogens with one attached hydrogen (secondary N) is 1. The Morgan fingerprint density at radius 1 is 1.20 bits per heavy atom. The molecule has 0 bridgehead atoms. The highest BCUT2D eigenvalue weighted by atomic mass is 35.5. The molecule has 2 nitrogen and oxygen atoms in total. The lowest BCUT2D eigenvalue weighted by Gasteiger charge is -2.07. The zero-order valence-corrected chi connectivity index (χ0v) is 12.9. The van der Waals surface area contributed by atoms with Crippen molar-refractivity contribution in [1.82, 2.24) is 10.3 Å². The molecule has 2 aromatic heterocycles. The first kappa shape index (κ1) is 13.6. The first-order valence-electron chi connectivity index (χ1n) is 6.51. The maximum absolute atomic E-state index is 6.25. The van der Waals surface area contributed by atoms with Crippen LogP contribution in [0.4, 0.5) is 0 Å². The summed E-state index contributed by atoms with van der Waals surface area (Å²) < 4.78 is 0. The van der Waals surface area contributed by atoms with E-state index in [0.29, 0.717) is 6.04 Å². The molecule has 1 unspecified atom stereocenters. The average molecular weight is 303 g/mol. The maximum Gasteiger partial charge on any atom is 0.0803 e. The van der Waals surface area contributed by atoms with E-state index in [1.54, 1.807) is 11.3 Å². The second kappa shape index (κ2) is 5.52. The molecule has 0 amide bonds. The Morgan fingerprint density at radius 2 is 2.05 bits per heavy atom. The van der Waals surface area contributed by atoms with Gasteiger partial charge in [0.25, 0.3) is 0 Å². The van der Waals surface area contributed by atoms with Gasteiger partial charge in [-0.1, -0.05) is 11.6 Å². The molecule has 102 valence electrons. The van der Waals surface area contributed by atoms with Crippen molar-refractivity contribution < 1.29 is 0 Å². The largest absolute Gasteiger partial charge is 0.313 e. The van der Waals surface area contributed by atoms with Gasteiger partial charge in [0.15, 0.2) is 0 Å². The number of thiophene rings is 1. The summed E-state index contributed by atoms with van der Waals surface area (Å²) >= 11 is 8.04. The van der Waals surface area contributed by atoms with Gasteiger partial charge >= 0.3 is 0 Å². The van der Waals surface area contributed by atoms with Crippen LogP contribution in [0.25, 0.3) is 21.3 Å². The number of hydrogen-bond donors (Lipinski definition) is 1. The number of pyridine rings is 1.